The predicted octanol–water partition coefficient (Wildman–Crippen LogP) is 7.60. The number of hydrogen-bond acceptors (Lipinski definition) is 5. The molecule has 38 heavy (non-hydrogen) atoms. The van der Waals surface area contributed by atoms with Gasteiger partial charge in [-0.05, 0) is 87.4 Å². The molecule has 0 saturated carbocycles. The number of anilines is 2. The van der Waals surface area contributed by atoms with Crippen LogP contribution >= 0.6 is 0 Å². The number of carbonyl (C=O) groups is 1. The molecule has 6 heteroatoms. The van der Waals surface area contributed by atoms with Crippen molar-refractivity contribution in [1.82, 2.24) is 0 Å². The average Bonchev–Trinajstić information content (AvgIpc) is 2.93. The number of hydrogen-bond donors (Lipinski definition) is 2. The van der Waals surface area contributed by atoms with Gasteiger partial charge in [0, 0.05) is 30.2 Å². The summed E-state index contributed by atoms with van der Waals surface area (Å²) in [4.78, 5) is 17.2. The predicted molar refractivity (Wildman–Crippen MR) is 156 cm³/mol. The van der Waals surface area contributed by atoms with Crippen molar-refractivity contribution in [3.63, 3.8) is 0 Å². The third-order valence-electron chi connectivity index (χ3n) is 5.93. The summed E-state index contributed by atoms with van der Waals surface area (Å²) in [6.45, 7) is 7.57. The van der Waals surface area contributed by atoms with Gasteiger partial charge in [0.15, 0.2) is 0 Å². The van der Waals surface area contributed by atoms with Gasteiger partial charge in [0.1, 0.15) is 17.6 Å². The average molecular weight is 505 g/mol. The normalized spacial score (nSPS) is 12.8. The number of ether oxygens (including phenoxy) is 1. The van der Waals surface area contributed by atoms with Crippen LogP contribution in [0.3, 0.4) is 0 Å². The molecule has 0 spiro atoms. The molecule has 0 aliphatic carbocycles. The fraction of sp³-hybridized carbons (Fsp3) is 0.156. The highest BCUT2D eigenvalue weighted by molar-refractivity contribution is 6.07. The van der Waals surface area contributed by atoms with Gasteiger partial charge >= 0.3 is 0 Å². The van der Waals surface area contributed by atoms with Crippen molar-refractivity contribution in [2.45, 2.75) is 27.7 Å². The maximum absolute atomic E-state index is 13.2. The van der Waals surface area contributed by atoms with E-state index in [0.717, 1.165) is 28.1 Å². The van der Waals surface area contributed by atoms with Crippen LogP contribution in [0.5, 0.6) is 11.5 Å². The van der Waals surface area contributed by atoms with Crippen LogP contribution in [0.4, 0.5) is 11.4 Å². The van der Waals surface area contributed by atoms with Gasteiger partial charge in [-0.15, -0.1) is 0 Å². The van der Waals surface area contributed by atoms with Gasteiger partial charge < -0.3 is 15.4 Å². The Labute approximate surface area is 224 Å². The minimum absolute atomic E-state index is 0.224. The number of rotatable bonds is 9. The molecule has 0 bridgehead atoms. The summed E-state index contributed by atoms with van der Waals surface area (Å²) >= 11 is 0. The Morgan fingerprint density at radius 2 is 1.45 bits per heavy atom. The lowest BCUT2D eigenvalue weighted by atomic mass is 9.97. The highest BCUT2D eigenvalue weighted by atomic mass is 16.5. The van der Waals surface area contributed by atoms with E-state index in [0.29, 0.717) is 28.3 Å². The summed E-state index contributed by atoms with van der Waals surface area (Å²) < 4.78 is 5.88. The molecule has 0 fully saturated rings. The number of aryl methyl sites for hydroxylation is 1. The Balaban J connectivity index is 1.91. The van der Waals surface area contributed by atoms with Gasteiger partial charge in [-0.3, -0.25) is 9.79 Å². The number of nitrogens with one attached hydrogen (secondary N) is 2. The highest BCUT2D eigenvalue weighted by Crippen LogP contribution is 2.28. The van der Waals surface area contributed by atoms with E-state index in [1.807, 2.05) is 107 Å². The van der Waals surface area contributed by atoms with Crippen LogP contribution in [0.25, 0.3) is 0 Å². The summed E-state index contributed by atoms with van der Waals surface area (Å²) in [5.41, 5.74) is 5.50. The van der Waals surface area contributed by atoms with E-state index in [2.05, 4.69) is 21.7 Å². The number of para-hydroxylation sites is 1. The largest absolute Gasteiger partial charge is 0.457 e. The molecule has 0 aromatic heterocycles. The lowest BCUT2D eigenvalue weighted by Crippen LogP contribution is -2.17. The molecule has 3 aromatic carbocycles. The molecule has 1 amide bonds. The second-order valence-electron chi connectivity index (χ2n) is 8.62. The Bertz CT molecular complexity index is 1420. The van der Waals surface area contributed by atoms with Crippen molar-refractivity contribution in [3.8, 4) is 17.6 Å². The minimum Gasteiger partial charge on any atom is -0.457 e. The quantitative estimate of drug-likeness (QED) is 0.136. The first-order chi connectivity index (χ1) is 18.4. The van der Waals surface area contributed by atoms with Gasteiger partial charge in [0.05, 0.1) is 11.3 Å². The summed E-state index contributed by atoms with van der Waals surface area (Å²) in [6, 6.07) is 26.9. The van der Waals surface area contributed by atoms with Crippen LogP contribution < -0.4 is 15.4 Å². The van der Waals surface area contributed by atoms with E-state index in [4.69, 9.17) is 4.74 Å². The van der Waals surface area contributed by atoms with Crippen LogP contribution in [0.15, 0.2) is 118 Å². The molecule has 3 aromatic rings. The van der Waals surface area contributed by atoms with Crippen LogP contribution in [0, 0.1) is 18.3 Å². The number of nitrogens with zero attached hydrogens (tertiary/aromatic N) is 2. The topological polar surface area (TPSA) is 86.5 Å². The van der Waals surface area contributed by atoms with Crippen molar-refractivity contribution in [3.05, 3.63) is 118 Å². The maximum atomic E-state index is 13.2. The third kappa shape index (κ3) is 7.31. The lowest BCUT2D eigenvalue weighted by Gasteiger charge is -2.18. The number of aliphatic imine (C=N–C) groups is 1. The van der Waals surface area contributed by atoms with E-state index in [1.54, 1.807) is 13.1 Å². The van der Waals surface area contributed by atoms with Crippen molar-refractivity contribution in [2.75, 3.05) is 17.7 Å². The minimum atomic E-state index is -0.224. The number of benzene rings is 3. The molecule has 0 aliphatic heterocycles. The third-order valence-corrected chi connectivity index (χ3v) is 5.93. The first-order valence-electron chi connectivity index (χ1n) is 12.2. The molecule has 0 unspecified atom stereocenters. The van der Waals surface area contributed by atoms with Gasteiger partial charge in [0.25, 0.3) is 5.91 Å². The van der Waals surface area contributed by atoms with Gasteiger partial charge in [-0.25, -0.2) is 0 Å². The Kier molecular flexibility index (Phi) is 9.79. The molecule has 0 saturated heterocycles. The number of carbonyl (C=O) groups excluding carboxylic acids is 1. The maximum Gasteiger partial charge on any atom is 0.255 e. The second kappa shape index (κ2) is 13.4. The van der Waals surface area contributed by atoms with Crippen molar-refractivity contribution < 1.29 is 9.53 Å². The molecule has 6 nitrogen and oxygen atoms in total. The van der Waals surface area contributed by atoms with Crippen LogP contribution in [-0.2, 0) is 4.79 Å². The zero-order valence-electron chi connectivity index (χ0n) is 22.4. The molecule has 0 radical (unpaired) electrons. The van der Waals surface area contributed by atoms with E-state index in [1.165, 1.54) is 6.21 Å². The fourth-order valence-corrected chi connectivity index (χ4v) is 3.76. The molecule has 2 N–H and O–H groups in total. The number of amides is 1. The highest BCUT2D eigenvalue weighted by Gasteiger charge is 2.17. The monoisotopic (exact) mass is 504 g/mol. The molecule has 0 heterocycles. The first kappa shape index (κ1) is 27.7. The summed E-state index contributed by atoms with van der Waals surface area (Å²) in [5, 5.41) is 16.2. The Morgan fingerprint density at radius 1 is 0.868 bits per heavy atom. The van der Waals surface area contributed by atoms with Crippen molar-refractivity contribution in [1.29, 1.82) is 5.26 Å². The van der Waals surface area contributed by atoms with E-state index >= 15 is 0 Å². The van der Waals surface area contributed by atoms with Gasteiger partial charge in [-0.2, -0.15) is 5.26 Å². The van der Waals surface area contributed by atoms with Gasteiger partial charge in [0.2, 0.25) is 0 Å². The Morgan fingerprint density at radius 3 is 2.03 bits per heavy atom. The zero-order valence-corrected chi connectivity index (χ0v) is 22.4. The van der Waals surface area contributed by atoms with Gasteiger partial charge in [-0.1, -0.05) is 42.0 Å². The van der Waals surface area contributed by atoms with E-state index < -0.39 is 0 Å². The molecule has 3 rings (SSSR count). The van der Waals surface area contributed by atoms with E-state index in [9.17, 15) is 10.1 Å². The van der Waals surface area contributed by atoms with Crippen molar-refractivity contribution in [2.24, 2.45) is 4.99 Å². The van der Waals surface area contributed by atoms with Crippen LogP contribution in [0.1, 0.15) is 26.3 Å². The smallest absolute Gasteiger partial charge is 0.255 e. The van der Waals surface area contributed by atoms with Crippen LogP contribution in [0.2, 0.25) is 0 Å². The first-order valence-corrected chi connectivity index (χ1v) is 12.2. The molecule has 0 atom stereocenters. The molecular formula is C32H32N4O2. The molecule has 0 aliphatic rings. The molecular weight excluding hydrogens is 472 g/mol. The summed E-state index contributed by atoms with van der Waals surface area (Å²) in [5.74, 6) is 1.21. The number of allylic oxidation sites excluding steroid dienone is 3. The standard InChI is InChI=1S/C32H32N4O2/c1-6-30(32(37)36-27-14-12-22(2)13-15-27)23(3)24(4)31(25(20-33)21-34-5)35-26-16-18-29(19-17-26)38-28-10-8-7-9-11-28/h6-19,21,35H,1-5H3,(H,36,37)/b24-23+,30-6+,31-25+,34-21-. The van der Waals surface area contributed by atoms with Crippen LogP contribution in [-0.4, -0.2) is 19.2 Å². The fourth-order valence-electron chi connectivity index (χ4n) is 3.76. The SMILES string of the molecule is C\C=C(C(=O)Nc1ccc(C)cc1)/C(C)=C(C)/C(Nc1ccc(Oc2ccccc2)cc1)=C(C#N)\C=N/C. The molecule has 192 valence electrons. The van der Waals surface area contributed by atoms with E-state index in [-0.39, 0.29) is 5.91 Å². The summed E-state index contributed by atoms with van der Waals surface area (Å²) in [7, 11) is 1.61. The second-order valence-corrected chi connectivity index (χ2v) is 8.62. The summed E-state index contributed by atoms with van der Waals surface area (Å²) in [6.07, 6.45) is 3.28. The number of nitriles is 1. The Hall–Kier alpha value is -4.89. The lowest BCUT2D eigenvalue weighted by molar-refractivity contribution is -0.112. The zero-order chi connectivity index (χ0) is 27.5. The van der Waals surface area contributed by atoms with Crippen molar-refractivity contribution >= 4 is 23.5 Å².